The molecule has 0 spiro atoms. The third kappa shape index (κ3) is 2.82. The molecule has 0 fully saturated rings. The molecule has 0 bridgehead atoms. The Hall–Kier alpha value is -2.30. The Balaban J connectivity index is 2.42. The summed E-state index contributed by atoms with van der Waals surface area (Å²) < 4.78 is 0. The number of nitrogens with two attached hydrogens (primary N) is 1. The number of anilines is 2. The molecule has 1 amide bonds. The SMILES string of the molecule is CCCN(CC(=O)NC)c1ccc2ncccc2c1N. The Labute approximate surface area is 118 Å². The second-order valence-electron chi connectivity index (χ2n) is 4.66. The summed E-state index contributed by atoms with van der Waals surface area (Å²) in [6.07, 6.45) is 2.69. The van der Waals surface area contributed by atoms with E-state index in [0.717, 1.165) is 29.6 Å². The van der Waals surface area contributed by atoms with Crippen LogP contribution in [0.1, 0.15) is 13.3 Å². The molecule has 0 radical (unpaired) electrons. The van der Waals surface area contributed by atoms with Crippen LogP contribution in [0, 0.1) is 0 Å². The summed E-state index contributed by atoms with van der Waals surface area (Å²) >= 11 is 0. The Bertz CT molecular complexity index is 612. The quantitative estimate of drug-likeness (QED) is 0.814. The molecule has 2 rings (SSSR count). The maximum absolute atomic E-state index is 11.6. The molecule has 0 aliphatic heterocycles. The zero-order valence-electron chi connectivity index (χ0n) is 11.9. The highest BCUT2D eigenvalue weighted by Crippen LogP contribution is 2.30. The van der Waals surface area contributed by atoms with Crippen LogP contribution in [0.3, 0.4) is 0 Å². The molecule has 3 N–H and O–H groups in total. The van der Waals surface area contributed by atoms with Crippen LogP contribution < -0.4 is 16.0 Å². The number of carbonyl (C=O) groups excluding carboxylic acids is 1. The van der Waals surface area contributed by atoms with Crippen molar-refractivity contribution >= 4 is 28.2 Å². The van der Waals surface area contributed by atoms with Gasteiger partial charge in [0.15, 0.2) is 0 Å². The number of nitrogen functional groups attached to an aromatic ring is 1. The Morgan fingerprint density at radius 1 is 1.40 bits per heavy atom. The maximum atomic E-state index is 11.6. The van der Waals surface area contributed by atoms with Crippen LogP contribution in [-0.4, -0.2) is 31.0 Å². The van der Waals surface area contributed by atoms with Crippen molar-refractivity contribution in [1.29, 1.82) is 0 Å². The number of rotatable bonds is 5. The number of pyridine rings is 1. The Kier molecular flexibility index (Phi) is 4.40. The standard InChI is InChI=1S/C15H20N4O/c1-3-9-19(10-14(20)17-2)13-7-6-12-11(15(13)16)5-4-8-18-12/h4-8H,3,9-10,16H2,1-2H3,(H,17,20). The Morgan fingerprint density at radius 2 is 2.20 bits per heavy atom. The van der Waals surface area contributed by atoms with Gasteiger partial charge in [0.2, 0.25) is 5.91 Å². The zero-order valence-corrected chi connectivity index (χ0v) is 11.9. The molecule has 20 heavy (non-hydrogen) atoms. The topological polar surface area (TPSA) is 71.2 Å². The number of likely N-dealkylation sites (N-methyl/N-ethyl adjacent to an activating group) is 1. The number of fused-ring (bicyclic) bond motifs is 1. The van der Waals surface area contributed by atoms with Gasteiger partial charge in [0, 0.05) is 25.2 Å². The van der Waals surface area contributed by atoms with Crippen LogP contribution in [0.4, 0.5) is 11.4 Å². The van der Waals surface area contributed by atoms with E-state index in [1.54, 1.807) is 13.2 Å². The molecule has 0 atom stereocenters. The first-order chi connectivity index (χ1) is 9.67. The van der Waals surface area contributed by atoms with Crippen molar-refractivity contribution in [3.63, 3.8) is 0 Å². The summed E-state index contributed by atoms with van der Waals surface area (Å²) in [5.74, 6) is -0.0240. The number of hydrogen-bond donors (Lipinski definition) is 2. The third-order valence-electron chi connectivity index (χ3n) is 3.25. The molecule has 5 heteroatoms. The average molecular weight is 272 g/mol. The molecule has 0 saturated carbocycles. The lowest BCUT2D eigenvalue weighted by molar-refractivity contribution is -0.119. The van der Waals surface area contributed by atoms with Crippen LogP contribution >= 0.6 is 0 Å². The van der Waals surface area contributed by atoms with E-state index in [2.05, 4.69) is 17.2 Å². The highest BCUT2D eigenvalue weighted by molar-refractivity contribution is 5.98. The van der Waals surface area contributed by atoms with Gasteiger partial charge in [0.1, 0.15) is 0 Å². The van der Waals surface area contributed by atoms with Gasteiger partial charge in [-0.2, -0.15) is 0 Å². The largest absolute Gasteiger partial charge is 0.396 e. The Morgan fingerprint density at radius 3 is 2.90 bits per heavy atom. The van der Waals surface area contributed by atoms with Crippen LogP contribution in [0.5, 0.6) is 0 Å². The molecule has 1 aromatic carbocycles. The highest BCUT2D eigenvalue weighted by Gasteiger charge is 2.14. The first kappa shape index (κ1) is 14.1. The summed E-state index contributed by atoms with van der Waals surface area (Å²) in [6.45, 7) is 3.17. The van der Waals surface area contributed by atoms with E-state index in [0.29, 0.717) is 12.2 Å². The van der Waals surface area contributed by atoms with Crippen molar-refractivity contribution in [2.45, 2.75) is 13.3 Å². The number of amides is 1. The predicted octanol–water partition coefficient (Wildman–Crippen LogP) is 1.78. The third-order valence-corrected chi connectivity index (χ3v) is 3.25. The second-order valence-corrected chi connectivity index (χ2v) is 4.66. The van der Waals surface area contributed by atoms with Gasteiger partial charge in [-0.1, -0.05) is 6.92 Å². The van der Waals surface area contributed by atoms with Crippen molar-refractivity contribution in [2.75, 3.05) is 30.8 Å². The van der Waals surface area contributed by atoms with Crippen LogP contribution in [-0.2, 0) is 4.79 Å². The molecule has 1 aromatic heterocycles. The van der Waals surface area contributed by atoms with E-state index in [-0.39, 0.29) is 5.91 Å². The fourth-order valence-corrected chi connectivity index (χ4v) is 2.25. The first-order valence-corrected chi connectivity index (χ1v) is 6.76. The molecule has 0 unspecified atom stereocenters. The summed E-state index contributed by atoms with van der Waals surface area (Å²) in [7, 11) is 1.64. The molecular formula is C15H20N4O. The van der Waals surface area contributed by atoms with Gasteiger partial charge >= 0.3 is 0 Å². The fraction of sp³-hybridized carbons (Fsp3) is 0.333. The van der Waals surface area contributed by atoms with Gasteiger partial charge in [-0.15, -0.1) is 0 Å². The number of hydrogen-bond acceptors (Lipinski definition) is 4. The van der Waals surface area contributed by atoms with Gasteiger partial charge in [-0.3, -0.25) is 9.78 Å². The number of nitrogens with one attached hydrogen (secondary N) is 1. The molecule has 0 aliphatic rings. The number of aromatic nitrogens is 1. The second kappa shape index (κ2) is 6.23. The monoisotopic (exact) mass is 272 g/mol. The van der Waals surface area contributed by atoms with E-state index in [1.807, 2.05) is 29.2 Å². The molecule has 0 saturated heterocycles. The van der Waals surface area contributed by atoms with Crippen LogP contribution in [0.25, 0.3) is 10.9 Å². The van der Waals surface area contributed by atoms with E-state index in [4.69, 9.17) is 5.73 Å². The average Bonchev–Trinajstić information content (AvgIpc) is 2.47. The summed E-state index contributed by atoms with van der Waals surface area (Å²) in [6, 6.07) is 7.69. The van der Waals surface area contributed by atoms with Crippen molar-refractivity contribution < 1.29 is 4.79 Å². The minimum atomic E-state index is -0.0240. The fourth-order valence-electron chi connectivity index (χ4n) is 2.25. The summed E-state index contributed by atoms with van der Waals surface area (Å²) in [5, 5.41) is 3.57. The maximum Gasteiger partial charge on any atom is 0.239 e. The zero-order chi connectivity index (χ0) is 14.5. The van der Waals surface area contributed by atoms with Gasteiger partial charge < -0.3 is 16.0 Å². The van der Waals surface area contributed by atoms with Gasteiger partial charge in [-0.25, -0.2) is 0 Å². The lowest BCUT2D eigenvalue weighted by Gasteiger charge is -2.25. The van der Waals surface area contributed by atoms with Crippen LogP contribution in [0.2, 0.25) is 0 Å². The smallest absolute Gasteiger partial charge is 0.239 e. The predicted molar refractivity (Wildman–Crippen MR) is 82.7 cm³/mol. The lowest BCUT2D eigenvalue weighted by Crippen LogP contribution is -2.36. The lowest BCUT2D eigenvalue weighted by atomic mass is 10.1. The molecule has 5 nitrogen and oxygen atoms in total. The van der Waals surface area contributed by atoms with E-state index in [1.165, 1.54) is 0 Å². The van der Waals surface area contributed by atoms with Crippen molar-refractivity contribution in [3.8, 4) is 0 Å². The van der Waals surface area contributed by atoms with E-state index >= 15 is 0 Å². The van der Waals surface area contributed by atoms with E-state index in [9.17, 15) is 4.79 Å². The number of benzene rings is 1. The van der Waals surface area contributed by atoms with Gasteiger partial charge in [-0.05, 0) is 30.7 Å². The molecule has 106 valence electrons. The normalized spacial score (nSPS) is 10.5. The van der Waals surface area contributed by atoms with Crippen molar-refractivity contribution in [2.24, 2.45) is 0 Å². The van der Waals surface area contributed by atoms with E-state index < -0.39 is 0 Å². The van der Waals surface area contributed by atoms with Crippen molar-refractivity contribution in [1.82, 2.24) is 10.3 Å². The number of carbonyl (C=O) groups is 1. The van der Waals surface area contributed by atoms with Gasteiger partial charge in [0.05, 0.1) is 23.4 Å². The first-order valence-electron chi connectivity index (χ1n) is 6.76. The number of nitrogens with zero attached hydrogens (tertiary/aromatic N) is 2. The van der Waals surface area contributed by atoms with Crippen LogP contribution in [0.15, 0.2) is 30.5 Å². The molecule has 1 heterocycles. The molecular weight excluding hydrogens is 252 g/mol. The van der Waals surface area contributed by atoms with Gasteiger partial charge in [0.25, 0.3) is 0 Å². The molecule has 0 aliphatic carbocycles. The minimum absolute atomic E-state index is 0.0240. The highest BCUT2D eigenvalue weighted by atomic mass is 16.1. The molecule has 2 aromatic rings. The summed E-state index contributed by atoms with van der Waals surface area (Å²) in [4.78, 5) is 17.9. The minimum Gasteiger partial charge on any atom is -0.396 e. The van der Waals surface area contributed by atoms with Crippen molar-refractivity contribution in [3.05, 3.63) is 30.5 Å². The summed E-state index contributed by atoms with van der Waals surface area (Å²) in [5.41, 5.74) is 8.68.